The molecule has 2 bridgehead atoms. The zero-order valence-electron chi connectivity index (χ0n) is 21.7. The van der Waals surface area contributed by atoms with Gasteiger partial charge in [0.05, 0.1) is 28.9 Å². The fraction of sp³-hybridized carbons (Fsp3) is 0.345. The van der Waals surface area contributed by atoms with Gasteiger partial charge >= 0.3 is 6.61 Å². The molecule has 3 aromatic heterocycles. The molecule has 2 atom stereocenters. The molecule has 40 heavy (non-hydrogen) atoms. The van der Waals surface area contributed by atoms with Gasteiger partial charge in [0.2, 0.25) is 0 Å². The van der Waals surface area contributed by atoms with Gasteiger partial charge in [-0.1, -0.05) is 6.07 Å². The minimum absolute atomic E-state index is 0.00589. The summed E-state index contributed by atoms with van der Waals surface area (Å²) in [6, 6.07) is 10.5. The second-order valence-corrected chi connectivity index (χ2v) is 11.2. The average molecular weight is 543 g/mol. The minimum Gasteiger partial charge on any atom is -0.434 e. The van der Waals surface area contributed by atoms with Gasteiger partial charge in [0.1, 0.15) is 17.0 Å². The van der Waals surface area contributed by atoms with Crippen molar-refractivity contribution in [2.75, 3.05) is 7.05 Å². The molecule has 0 spiro atoms. The van der Waals surface area contributed by atoms with Gasteiger partial charge in [-0.2, -0.15) is 19.1 Å². The van der Waals surface area contributed by atoms with E-state index in [1.54, 1.807) is 47.9 Å². The molecule has 1 amide bonds. The van der Waals surface area contributed by atoms with Gasteiger partial charge in [0, 0.05) is 66.7 Å². The highest BCUT2D eigenvalue weighted by Gasteiger charge is 2.54. The monoisotopic (exact) mass is 542 g/mol. The Morgan fingerprint density at radius 2 is 1.93 bits per heavy atom. The van der Waals surface area contributed by atoms with E-state index >= 15 is 0 Å². The van der Waals surface area contributed by atoms with Crippen LogP contribution < -0.4 is 4.74 Å². The number of carbonyl (C=O) groups is 1. The molecule has 1 N–H and O–H groups in total. The molecule has 2 unspecified atom stereocenters. The lowest BCUT2D eigenvalue weighted by Gasteiger charge is -2.45. The molecule has 3 aliphatic rings. The normalized spacial score (nSPS) is 26.7. The third-order valence-corrected chi connectivity index (χ3v) is 8.47. The van der Waals surface area contributed by atoms with E-state index in [1.165, 1.54) is 6.07 Å². The van der Waals surface area contributed by atoms with Crippen LogP contribution in [0.2, 0.25) is 0 Å². The van der Waals surface area contributed by atoms with Crippen LogP contribution in [-0.4, -0.2) is 54.8 Å². The summed E-state index contributed by atoms with van der Waals surface area (Å²) in [5.74, 6) is -0.246. The van der Waals surface area contributed by atoms with Crippen molar-refractivity contribution in [2.45, 2.75) is 55.8 Å². The zero-order valence-corrected chi connectivity index (χ0v) is 21.7. The molecule has 2 aliphatic carbocycles. The third kappa shape index (κ3) is 3.45. The lowest BCUT2D eigenvalue weighted by atomic mass is 9.60. The van der Waals surface area contributed by atoms with Crippen LogP contribution in [0.15, 0.2) is 48.9 Å². The van der Waals surface area contributed by atoms with Crippen molar-refractivity contribution in [3.8, 4) is 22.9 Å². The number of aliphatic hydroxyl groups is 1. The van der Waals surface area contributed by atoms with Gasteiger partial charge < -0.3 is 14.7 Å². The standard InChI is InChI=1S/C29H24F2N6O3/c1-28(39)12-29(13-28,14-32)26-33-10-16(11-34-26)15-6-7-37-19(8-15)23-18-9-20(24(23)35-37)36(2)25(38)17-4-3-5-21(22(17)18)40-27(30)31/h3-8,10-11,18,20,27,39H,9,12-13H2,1-2H3. The summed E-state index contributed by atoms with van der Waals surface area (Å²) in [4.78, 5) is 23.9. The first-order valence-electron chi connectivity index (χ1n) is 12.9. The first kappa shape index (κ1) is 24.6. The predicted octanol–water partition coefficient (Wildman–Crippen LogP) is 4.36. The number of ether oxygens (including phenoxy) is 1. The van der Waals surface area contributed by atoms with E-state index in [1.807, 2.05) is 18.3 Å². The summed E-state index contributed by atoms with van der Waals surface area (Å²) in [7, 11) is 1.71. The Morgan fingerprint density at radius 1 is 1.18 bits per heavy atom. The number of hydrogen-bond acceptors (Lipinski definition) is 7. The van der Waals surface area contributed by atoms with Gasteiger partial charge in [0.15, 0.2) is 0 Å². The second-order valence-electron chi connectivity index (χ2n) is 11.2. The summed E-state index contributed by atoms with van der Waals surface area (Å²) < 4.78 is 33.3. The number of alkyl halides is 2. The van der Waals surface area contributed by atoms with Gasteiger partial charge in [-0.05, 0) is 43.2 Å². The number of benzene rings is 1. The van der Waals surface area contributed by atoms with Crippen LogP contribution in [0.1, 0.15) is 71.1 Å². The molecule has 11 heteroatoms. The molecule has 4 aromatic rings. The number of pyridine rings is 1. The van der Waals surface area contributed by atoms with Gasteiger partial charge in [-0.3, -0.25) is 4.79 Å². The molecule has 202 valence electrons. The van der Waals surface area contributed by atoms with Crippen LogP contribution in [0.5, 0.6) is 5.75 Å². The van der Waals surface area contributed by atoms with Crippen LogP contribution in [0, 0.1) is 11.3 Å². The van der Waals surface area contributed by atoms with E-state index in [2.05, 4.69) is 16.0 Å². The average Bonchev–Trinajstić information content (AvgIpc) is 3.44. The molecular weight excluding hydrogens is 518 g/mol. The Morgan fingerprint density at radius 3 is 2.60 bits per heavy atom. The van der Waals surface area contributed by atoms with Gasteiger partial charge in [-0.15, -0.1) is 0 Å². The van der Waals surface area contributed by atoms with Crippen LogP contribution >= 0.6 is 0 Å². The maximum absolute atomic E-state index is 13.3. The van der Waals surface area contributed by atoms with Crippen molar-refractivity contribution in [3.05, 3.63) is 77.1 Å². The van der Waals surface area contributed by atoms with Crippen molar-refractivity contribution in [1.29, 1.82) is 5.26 Å². The highest BCUT2D eigenvalue weighted by molar-refractivity contribution is 5.98. The molecule has 0 saturated heterocycles. The Hall–Kier alpha value is -4.43. The lowest BCUT2D eigenvalue weighted by Crippen LogP contribution is -2.52. The maximum Gasteiger partial charge on any atom is 0.387 e. The Labute approximate surface area is 227 Å². The number of fused-ring (bicyclic) bond motifs is 9. The zero-order chi connectivity index (χ0) is 28.0. The number of carbonyl (C=O) groups excluding carboxylic acids is 1. The van der Waals surface area contributed by atoms with Crippen molar-refractivity contribution in [1.82, 2.24) is 24.5 Å². The van der Waals surface area contributed by atoms with E-state index < -0.39 is 17.6 Å². The molecular formula is C29H24F2N6O3. The lowest BCUT2D eigenvalue weighted by molar-refractivity contribution is -0.0583. The Bertz CT molecular complexity index is 1740. The van der Waals surface area contributed by atoms with E-state index in [0.717, 1.165) is 27.9 Å². The predicted molar refractivity (Wildman–Crippen MR) is 138 cm³/mol. The number of amides is 1. The summed E-state index contributed by atoms with van der Waals surface area (Å²) >= 11 is 0. The summed E-state index contributed by atoms with van der Waals surface area (Å²) in [5, 5.41) is 24.7. The Balaban J connectivity index is 1.33. The van der Waals surface area contributed by atoms with E-state index in [-0.39, 0.29) is 36.5 Å². The summed E-state index contributed by atoms with van der Waals surface area (Å²) in [5.41, 5.74) is 2.93. The molecule has 1 fully saturated rings. The smallest absolute Gasteiger partial charge is 0.387 e. The molecule has 1 aliphatic heterocycles. The van der Waals surface area contributed by atoms with E-state index in [9.17, 15) is 23.9 Å². The largest absolute Gasteiger partial charge is 0.434 e. The molecule has 4 heterocycles. The first-order valence-corrected chi connectivity index (χ1v) is 12.9. The molecule has 0 radical (unpaired) electrons. The Kier molecular flexibility index (Phi) is 5.10. The number of nitriles is 1. The SMILES string of the molecule is CN1C(=O)c2cccc(OC(F)F)c2C2CC1c1nn3ccc(-c4cnc(C5(C#N)CC(C)(O)C5)nc4)cc3c12. The van der Waals surface area contributed by atoms with Crippen molar-refractivity contribution in [2.24, 2.45) is 0 Å². The number of rotatable bonds is 4. The van der Waals surface area contributed by atoms with Gasteiger partial charge in [-0.25, -0.2) is 14.5 Å². The van der Waals surface area contributed by atoms with Crippen molar-refractivity contribution in [3.63, 3.8) is 0 Å². The van der Waals surface area contributed by atoms with Crippen LogP contribution in [0.25, 0.3) is 16.6 Å². The molecule has 1 aromatic carbocycles. The highest BCUT2D eigenvalue weighted by atomic mass is 19.3. The van der Waals surface area contributed by atoms with Crippen LogP contribution in [-0.2, 0) is 5.41 Å². The van der Waals surface area contributed by atoms with Crippen LogP contribution in [0.3, 0.4) is 0 Å². The number of halogens is 2. The number of nitrogens with zero attached hydrogens (tertiary/aromatic N) is 6. The first-order chi connectivity index (χ1) is 19.1. The highest BCUT2D eigenvalue weighted by Crippen LogP contribution is 2.54. The molecule has 1 saturated carbocycles. The number of hydrogen-bond donors (Lipinski definition) is 1. The second kappa shape index (κ2) is 8.29. The summed E-state index contributed by atoms with van der Waals surface area (Å²) in [6.45, 7) is -1.33. The fourth-order valence-electron chi connectivity index (χ4n) is 6.80. The fourth-order valence-corrected chi connectivity index (χ4v) is 6.80. The van der Waals surface area contributed by atoms with Crippen LogP contribution in [0.4, 0.5) is 8.78 Å². The van der Waals surface area contributed by atoms with Crippen molar-refractivity contribution < 1.29 is 23.4 Å². The molecule has 7 rings (SSSR count). The molecule has 9 nitrogen and oxygen atoms in total. The van der Waals surface area contributed by atoms with Crippen molar-refractivity contribution >= 4 is 11.4 Å². The topological polar surface area (TPSA) is 117 Å². The third-order valence-electron chi connectivity index (χ3n) is 8.47. The quantitative estimate of drug-likeness (QED) is 0.407. The minimum atomic E-state index is -3.02. The van der Waals surface area contributed by atoms with E-state index in [4.69, 9.17) is 9.84 Å². The number of aromatic nitrogens is 4. The maximum atomic E-state index is 13.3. The summed E-state index contributed by atoms with van der Waals surface area (Å²) in [6.07, 6.45) is 6.21. The van der Waals surface area contributed by atoms with Gasteiger partial charge in [0.25, 0.3) is 5.91 Å². The van der Waals surface area contributed by atoms with E-state index in [0.29, 0.717) is 23.4 Å².